The summed E-state index contributed by atoms with van der Waals surface area (Å²) >= 11 is 5.50. The van der Waals surface area contributed by atoms with Crippen LogP contribution in [-0.2, 0) is 5.88 Å². The van der Waals surface area contributed by atoms with Gasteiger partial charge in [-0.1, -0.05) is 6.07 Å². The third-order valence-electron chi connectivity index (χ3n) is 1.77. The molecule has 0 atom stereocenters. The number of aromatic carboxylic acids is 2. The van der Waals surface area contributed by atoms with E-state index < -0.39 is 11.9 Å². The first kappa shape index (κ1) is 10.5. The summed E-state index contributed by atoms with van der Waals surface area (Å²) in [4.78, 5) is 21.4. The van der Waals surface area contributed by atoms with E-state index in [-0.39, 0.29) is 22.6 Å². The third kappa shape index (κ3) is 1.85. The molecule has 0 saturated carbocycles. The summed E-state index contributed by atoms with van der Waals surface area (Å²) in [6, 6.07) is 4.03. The van der Waals surface area contributed by atoms with Crippen LogP contribution in [0.3, 0.4) is 0 Å². The Balaban J connectivity index is 3.39. The average molecular weight is 215 g/mol. The number of alkyl halides is 1. The average Bonchev–Trinajstić information content (AvgIpc) is 2.16. The molecular formula is C9H7ClO4. The fraction of sp³-hybridized carbons (Fsp3) is 0.111. The first-order valence-electron chi connectivity index (χ1n) is 3.72. The molecule has 0 amide bonds. The summed E-state index contributed by atoms with van der Waals surface area (Å²) < 4.78 is 0. The molecule has 0 radical (unpaired) electrons. The second-order valence-corrected chi connectivity index (χ2v) is 2.84. The molecule has 14 heavy (non-hydrogen) atoms. The van der Waals surface area contributed by atoms with E-state index in [9.17, 15) is 9.59 Å². The van der Waals surface area contributed by atoms with E-state index in [0.717, 1.165) is 0 Å². The van der Waals surface area contributed by atoms with Gasteiger partial charge in [0.05, 0.1) is 11.1 Å². The van der Waals surface area contributed by atoms with Gasteiger partial charge in [0.15, 0.2) is 0 Å². The monoisotopic (exact) mass is 214 g/mol. The van der Waals surface area contributed by atoms with E-state index in [4.69, 9.17) is 21.8 Å². The van der Waals surface area contributed by atoms with E-state index >= 15 is 0 Å². The molecule has 0 fully saturated rings. The fourth-order valence-electron chi connectivity index (χ4n) is 1.13. The number of hydrogen-bond acceptors (Lipinski definition) is 2. The Morgan fingerprint density at radius 3 is 1.86 bits per heavy atom. The minimum Gasteiger partial charge on any atom is -0.478 e. The van der Waals surface area contributed by atoms with Crippen molar-refractivity contribution in [3.8, 4) is 0 Å². The van der Waals surface area contributed by atoms with Crippen molar-refractivity contribution < 1.29 is 19.8 Å². The van der Waals surface area contributed by atoms with Crippen molar-refractivity contribution >= 4 is 23.5 Å². The van der Waals surface area contributed by atoms with Crippen LogP contribution < -0.4 is 0 Å². The Kier molecular flexibility index (Phi) is 3.09. The minimum atomic E-state index is -1.18. The second kappa shape index (κ2) is 4.11. The Hall–Kier alpha value is -1.55. The number of hydrogen-bond donors (Lipinski definition) is 2. The van der Waals surface area contributed by atoms with E-state index in [2.05, 4.69) is 0 Å². The molecular weight excluding hydrogens is 208 g/mol. The van der Waals surface area contributed by atoms with Gasteiger partial charge < -0.3 is 10.2 Å². The van der Waals surface area contributed by atoms with Crippen molar-refractivity contribution in [2.45, 2.75) is 5.88 Å². The molecule has 1 rings (SSSR count). The molecule has 0 spiro atoms. The molecule has 0 saturated heterocycles. The lowest BCUT2D eigenvalue weighted by Crippen LogP contribution is -2.08. The maximum atomic E-state index is 10.7. The van der Waals surface area contributed by atoms with Crippen LogP contribution in [0, 0.1) is 0 Å². The van der Waals surface area contributed by atoms with Crippen molar-refractivity contribution in [3.05, 3.63) is 34.9 Å². The van der Waals surface area contributed by atoms with E-state index in [0.29, 0.717) is 0 Å². The minimum absolute atomic E-state index is 0.0695. The van der Waals surface area contributed by atoms with Crippen LogP contribution in [0.5, 0.6) is 0 Å². The van der Waals surface area contributed by atoms with Crippen molar-refractivity contribution in [3.63, 3.8) is 0 Å². The molecule has 0 unspecified atom stereocenters. The van der Waals surface area contributed by atoms with Crippen LogP contribution in [0.25, 0.3) is 0 Å². The number of rotatable bonds is 3. The maximum absolute atomic E-state index is 10.7. The Morgan fingerprint density at radius 1 is 1.14 bits per heavy atom. The smallest absolute Gasteiger partial charge is 0.336 e. The molecule has 0 aliphatic heterocycles. The predicted octanol–water partition coefficient (Wildman–Crippen LogP) is 1.82. The number of carbonyl (C=O) groups is 2. The number of carboxylic acids is 2. The van der Waals surface area contributed by atoms with Gasteiger partial charge in [0.1, 0.15) is 0 Å². The quantitative estimate of drug-likeness (QED) is 0.753. The molecule has 2 N–H and O–H groups in total. The maximum Gasteiger partial charge on any atom is 0.336 e. The molecule has 1 aromatic rings. The third-order valence-corrected chi connectivity index (χ3v) is 2.04. The van der Waals surface area contributed by atoms with Gasteiger partial charge in [-0.25, -0.2) is 9.59 Å². The largest absolute Gasteiger partial charge is 0.478 e. The van der Waals surface area contributed by atoms with Gasteiger partial charge in [0.2, 0.25) is 0 Å². The highest BCUT2D eigenvalue weighted by Crippen LogP contribution is 2.17. The number of benzene rings is 1. The summed E-state index contributed by atoms with van der Waals surface area (Å²) in [6.07, 6.45) is 0. The van der Waals surface area contributed by atoms with Crippen molar-refractivity contribution in [2.24, 2.45) is 0 Å². The number of carboxylic acid groups (broad SMARTS) is 2. The van der Waals surface area contributed by atoms with Crippen LogP contribution in [0.1, 0.15) is 26.3 Å². The van der Waals surface area contributed by atoms with Crippen LogP contribution in [0.2, 0.25) is 0 Å². The fourth-order valence-corrected chi connectivity index (χ4v) is 1.42. The molecule has 5 heteroatoms. The first-order valence-corrected chi connectivity index (χ1v) is 4.25. The highest BCUT2D eigenvalue weighted by Gasteiger charge is 2.16. The molecule has 4 nitrogen and oxygen atoms in total. The highest BCUT2D eigenvalue weighted by atomic mass is 35.5. The summed E-state index contributed by atoms with van der Waals surface area (Å²) in [7, 11) is 0. The van der Waals surface area contributed by atoms with Gasteiger partial charge in [0.25, 0.3) is 0 Å². The zero-order chi connectivity index (χ0) is 10.7. The lowest BCUT2D eigenvalue weighted by molar-refractivity contribution is 0.0696. The van der Waals surface area contributed by atoms with E-state index in [1.165, 1.54) is 18.2 Å². The van der Waals surface area contributed by atoms with Crippen molar-refractivity contribution in [1.29, 1.82) is 0 Å². The molecule has 1 aromatic carbocycles. The zero-order valence-corrected chi connectivity index (χ0v) is 7.78. The number of halogens is 1. The van der Waals surface area contributed by atoms with Gasteiger partial charge in [-0.15, -0.1) is 11.6 Å². The Morgan fingerprint density at radius 2 is 1.57 bits per heavy atom. The molecule has 74 valence electrons. The highest BCUT2D eigenvalue weighted by molar-refractivity contribution is 6.18. The molecule has 0 heterocycles. The van der Waals surface area contributed by atoms with Gasteiger partial charge in [-0.2, -0.15) is 0 Å². The van der Waals surface area contributed by atoms with Gasteiger partial charge in [-0.05, 0) is 17.7 Å². The van der Waals surface area contributed by atoms with Crippen LogP contribution in [0.4, 0.5) is 0 Å². The van der Waals surface area contributed by atoms with Crippen LogP contribution >= 0.6 is 11.6 Å². The SMILES string of the molecule is O=C(O)c1cccc(C(=O)O)c1CCl. The molecule has 0 aromatic heterocycles. The van der Waals surface area contributed by atoms with Gasteiger partial charge >= 0.3 is 11.9 Å². The van der Waals surface area contributed by atoms with Crippen LogP contribution in [0.15, 0.2) is 18.2 Å². The normalized spacial score (nSPS) is 9.79. The standard InChI is InChI=1S/C9H7ClO4/c10-4-7-5(8(11)12)2-1-3-6(7)9(13)14/h1-3H,4H2,(H,11,12)(H,13,14). The first-order chi connectivity index (χ1) is 6.57. The van der Waals surface area contributed by atoms with Crippen LogP contribution in [-0.4, -0.2) is 22.2 Å². The zero-order valence-electron chi connectivity index (χ0n) is 7.03. The van der Waals surface area contributed by atoms with Gasteiger partial charge in [0, 0.05) is 5.88 Å². The summed E-state index contributed by atoms with van der Waals surface area (Å²) in [5.41, 5.74) is -0.00559. The molecule has 0 aliphatic rings. The van der Waals surface area contributed by atoms with Crippen molar-refractivity contribution in [2.75, 3.05) is 0 Å². The summed E-state index contributed by atoms with van der Waals surface area (Å²) in [5.74, 6) is -2.49. The summed E-state index contributed by atoms with van der Waals surface area (Å²) in [5, 5.41) is 17.5. The van der Waals surface area contributed by atoms with Crippen molar-refractivity contribution in [1.82, 2.24) is 0 Å². The Labute approximate surface area is 84.7 Å². The van der Waals surface area contributed by atoms with E-state index in [1.807, 2.05) is 0 Å². The topological polar surface area (TPSA) is 74.6 Å². The second-order valence-electron chi connectivity index (χ2n) is 2.58. The molecule has 0 aliphatic carbocycles. The Bertz CT molecular complexity index is 354. The lowest BCUT2D eigenvalue weighted by atomic mass is 10.0. The summed E-state index contributed by atoms with van der Waals surface area (Å²) in [6.45, 7) is 0. The predicted molar refractivity (Wildman–Crippen MR) is 49.9 cm³/mol. The van der Waals surface area contributed by atoms with Gasteiger partial charge in [-0.3, -0.25) is 0 Å². The lowest BCUT2D eigenvalue weighted by Gasteiger charge is -2.05. The van der Waals surface area contributed by atoms with E-state index in [1.54, 1.807) is 0 Å². The molecule has 0 bridgehead atoms.